The van der Waals surface area contributed by atoms with E-state index in [0.29, 0.717) is 0 Å². The molecule has 0 aliphatic carbocycles. The van der Waals surface area contributed by atoms with E-state index >= 15 is 0 Å². The molecular weight excluding hydrogens is 171 g/mol. The van der Waals surface area contributed by atoms with E-state index in [4.69, 9.17) is 14.1 Å². The van der Waals surface area contributed by atoms with Crippen LogP contribution >= 0.6 is 0 Å². The Bertz CT molecular complexity index is 37.9. The molecule has 34 valence electrons. The SMILES string of the molecule is O=[Si](O)O.[Fe].[H-].[K+]. The van der Waals surface area contributed by atoms with Crippen LogP contribution in [-0.2, 0) is 21.5 Å². The van der Waals surface area contributed by atoms with Crippen LogP contribution in [0.2, 0.25) is 0 Å². The molecular formula is H3FeKO3Si. The van der Waals surface area contributed by atoms with Gasteiger partial charge in [0.15, 0.2) is 0 Å². The molecule has 0 atom stereocenters. The van der Waals surface area contributed by atoms with Crippen molar-refractivity contribution in [3.05, 3.63) is 0 Å². The van der Waals surface area contributed by atoms with E-state index in [-0.39, 0.29) is 69.9 Å². The summed E-state index contributed by atoms with van der Waals surface area (Å²) in [6, 6.07) is 0. The molecule has 0 radical (unpaired) electrons. The Kier molecular flexibility index (Phi) is 25.8. The quantitative estimate of drug-likeness (QED) is 0.364. The zero-order chi connectivity index (χ0) is 3.58. The third-order valence-corrected chi connectivity index (χ3v) is 0. The smallest absolute Gasteiger partial charge is 1.00 e. The fourth-order valence-corrected chi connectivity index (χ4v) is 0. The van der Waals surface area contributed by atoms with Gasteiger partial charge in [-0.25, -0.2) is 0 Å². The predicted molar refractivity (Wildman–Crippen MR) is 12.0 cm³/mol. The molecule has 0 rings (SSSR count). The first-order chi connectivity index (χ1) is 1.73. The largest absolute Gasteiger partial charge is 1.00 e. The van der Waals surface area contributed by atoms with Crippen molar-refractivity contribution in [2.75, 3.05) is 0 Å². The molecule has 6 heavy (non-hydrogen) atoms. The van der Waals surface area contributed by atoms with Gasteiger partial charge in [0.1, 0.15) is 0 Å². The maximum absolute atomic E-state index is 8.74. The Balaban J connectivity index is -0.0000000150. The summed E-state index contributed by atoms with van der Waals surface area (Å²) in [6.45, 7) is 0. The fourth-order valence-electron chi connectivity index (χ4n) is 0. The number of rotatable bonds is 0. The first kappa shape index (κ1) is 15.7. The first-order valence-electron chi connectivity index (χ1n) is 0.651. The van der Waals surface area contributed by atoms with Crippen molar-refractivity contribution < 1.29 is 83.9 Å². The van der Waals surface area contributed by atoms with Gasteiger partial charge in [-0.2, -0.15) is 0 Å². The molecule has 0 fully saturated rings. The molecule has 0 aliphatic heterocycles. The molecule has 0 amide bonds. The van der Waals surface area contributed by atoms with E-state index in [1.807, 2.05) is 0 Å². The van der Waals surface area contributed by atoms with Gasteiger partial charge in [0.05, 0.1) is 0 Å². The first-order valence-corrected chi connectivity index (χ1v) is 1.95. The van der Waals surface area contributed by atoms with Crippen molar-refractivity contribution >= 4 is 9.17 Å². The maximum atomic E-state index is 8.74. The van der Waals surface area contributed by atoms with Crippen LogP contribution < -0.4 is 51.4 Å². The van der Waals surface area contributed by atoms with E-state index in [2.05, 4.69) is 0 Å². The maximum Gasteiger partial charge on any atom is 1.00 e. The molecule has 0 heterocycles. The van der Waals surface area contributed by atoms with Crippen LogP contribution in [0.25, 0.3) is 0 Å². The van der Waals surface area contributed by atoms with Crippen molar-refractivity contribution in [1.29, 1.82) is 0 Å². The average Bonchev–Trinajstić information content (AvgIpc) is 0.811. The molecule has 0 spiro atoms. The van der Waals surface area contributed by atoms with Crippen molar-refractivity contribution in [3.63, 3.8) is 0 Å². The standard InChI is InChI=1S/Fe.K.H2O3Si.H/c;;1-4(2)3;/h;;1-2H;/q;+1;;-1. The summed E-state index contributed by atoms with van der Waals surface area (Å²) in [5.41, 5.74) is 0. The van der Waals surface area contributed by atoms with Crippen LogP contribution in [0.5, 0.6) is 0 Å². The zero-order valence-corrected chi connectivity index (χ0v) is 8.38. The van der Waals surface area contributed by atoms with Gasteiger partial charge in [-0.05, 0) is 0 Å². The van der Waals surface area contributed by atoms with Gasteiger partial charge in [0.2, 0.25) is 0 Å². The Morgan fingerprint density at radius 2 is 1.50 bits per heavy atom. The molecule has 2 N–H and O–H groups in total. The van der Waals surface area contributed by atoms with E-state index in [1.54, 1.807) is 0 Å². The molecule has 0 saturated heterocycles. The third-order valence-electron chi connectivity index (χ3n) is 0. The van der Waals surface area contributed by atoms with Crippen LogP contribution in [0.3, 0.4) is 0 Å². The van der Waals surface area contributed by atoms with Crippen molar-refractivity contribution in [1.82, 2.24) is 0 Å². The molecule has 0 unspecified atom stereocenters. The van der Waals surface area contributed by atoms with Crippen LogP contribution in [0.15, 0.2) is 0 Å². The van der Waals surface area contributed by atoms with Crippen molar-refractivity contribution in [3.8, 4) is 0 Å². The van der Waals surface area contributed by atoms with Crippen molar-refractivity contribution in [2.45, 2.75) is 0 Å². The minimum atomic E-state index is -3.13. The zero-order valence-electron chi connectivity index (χ0n) is 4.16. The van der Waals surface area contributed by atoms with Gasteiger partial charge >= 0.3 is 60.6 Å². The Morgan fingerprint density at radius 3 is 1.50 bits per heavy atom. The molecule has 0 saturated carbocycles. The topological polar surface area (TPSA) is 57.5 Å². The second-order valence-electron chi connectivity index (χ2n) is 0.283. The van der Waals surface area contributed by atoms with Gasteiger partial charge in [0, 0.05) is 17.1 Å². The Hall–Kier alpha value is 1.77. The van der Waals surface area contributed by atoms with Gasteiger partial charge in [-0.15, -0.1) is 0 Å². The second-order valence-corrected chi connectivity index (χ2v) is 0.848. The van der Waals surface area contributed by atoms with Crippen LogP contribution in [0.4, 0.5) is 0 Å². The normalized spacial score (nSPS) is 4.00. The van der Waals surface area contributed by atoms with Crippen molar-refractivity contribution in [2.24, 2.45) is 0 Å². The van der Waals surface area contributed by atoms with E-state index in [1.165, 1.54) is 0 Å². The molecule has 0 aromatic carbocycles. The molecule has 0 aromatic heterocycles. The van der Waals surface area contributed by atoms with Gasteiger partial charge in [0.25, 0.3) is 0 Å². The number of hydrogen-bond acceptors (Lipinski definition) is 1. The summed E-state index contributed by atoms with van der Waals surface area (Å²) in [6.07, 6.45) is 0. The minimum absolute atomic E-state index is 0. The average molecular weight is 174 g/mol. The monoisotopic (exact) mass is 174 g/mol. The Morgan fingerprint density at radius 1 is 1.50 bits per heavy atom. The molecule has 0 aliphatic rings. The second kappa shape index (κ2) is 9.91. The molecule has 0 aromatic rings. The molecule has 3 nitrogen and oxygen atoms in total. The summed E-state index contributed by atoms with van der Waals surface area (Å²) in [5, 5.41) is 0. The van der Waals surface area contributed by atoms with E-state index in [9.17, 15) is 0 Å². The summed E-state index contributed by atoms with van der Waals surface area (Å²) >= 11 is 0. The predicted octanol–water partition coefficient (Wildman–Crippen LogP) is -4.50. The summed E-state index contributed by atoms with van der Waals surface area (Å²) < 4.78 is 8.74. The molecule has 0 bridgehead atoms. The third kappa shape index (κ3) is 41.8. The summed E-state index contributed by atoms with van der Waals surface area (Å²) in [5.74, 6) is 0. The van der Waals surface area contributed by atoms with Crippen LogP contribution in [-0.4, -0.2) is 18.8 Å². The summed E-state index contributed by atoms with van der Waals surface area (Å²) in [4.78, 5) is 14.3. The Labute approximate surface area is 91.4 Å². The van der Waals surface area contributed by atoms with E-state index in [0.717, 1.165) is 0 Å². The van der Waals surface area contributed by atoms with Gasteiger partial charge in [-0.1, -0.05) is 0 Å². The minimum Gasteiger partial charge on any atom is -1.00 e. The molecule has 6 heteroatoms. The summed E-state index contributed by atoms with van der Waals surface area (Å²) in [7, 11) is -3.13. The van der Waals surface area contributed by atoms with Gasteiger partial charge < -0.3 is 11.0 Å². The van der Waals surface area contributed by atoms with Gasteiger partial charge in [-0.3, -0.25) is 4.46 Å². The van der Waals surface area contributed by atoms with Crippen LogP contribution in [0, 0.1) is 0 Å². The fraction of sp³-hybridized carbons (Fsp3) is 0. The van der Waals surface area contributed by atoms with E-state index < -0.39 is 9.17 Å². The van der Waals surface area contributed by atoms with Crippen LogP contribution in [0.1, 0.15) is 1.43 Å². The number of hydrogen-bond donors (Lipinski definition) is 2.